The molecule has 8 heteroatoms. The average molecular weight is 277 g/mol. The predicted molar refractivity (Wildman–Crippen MR) is 65.5 cm³/mol. The van der Waals surface area contributed by atoms with Gasteiger partial charge in [-0.3, -0.25) is 0 Å². The number of halogens is 1. The molecular weight excluding hydrogens is 264 g/mol. The Labute approximate surface area is 105 Å². The van der Waals surface area contributed by atoms with Crippen molar-refractivity contribution in [1.29, 1.82) is 0 Å². The van der Waals surface area contributed by atoms with Crippen molar-refractivity contribution in [2.75, 3.05) is 17.6 Å². The second-order valence-corrected chi connectivity index (χ2v) is 6.12. The van der Waals surface area contributed by atoms with Crippen molar-refractivity contribution < 1.29 is 8.42 Å². The van der Waals surface area contributed by atoms with Gasteiger partial charge in [0.1, 0.15) is 16.8 Å². The van der Waals surface area contributed by atoms with Crippen LogP contribution < -0.4 is 10.5 Å². The largest absolute Gasteiger partial charge is 0.369 e. The fraction of sp³-hybridized carbons (Fsp3) is 0.556. The summed E-state index contributed by atoms with van der Waals surface area (Å²) in [7, 11) is -3.46. The number of hydrogen-bond donors (Lipinski definition) is 2. The van der Waals surface area contributed by atoms with Crippen molar-refractivity contribution in [2.24, 2.45) is 5.14 Å². The summed E-state index contributed by atoms with van der Waals surface area (Å²) in [4.78, 5) is 8.40. The van der Waals surface area contributed by atoms with Gasteiger partial charge in [-0.15, -0.1) is 0 Å². The number of rotatable bonds is 5. The third-order valence-electron chi connectivity index (χ3n) is 2.35. The topological polar surface area (TPSA) is 98.0 Å². The van der Waals surface area contributed by atoms with E-state index < -0.39 is 10.0 Å². The van der Waals surface area contributed by atoms with Crippen molar-refractivity contribution in [1.82, 2.24) is 9.97 Å². The summed E-state index contributed by atoms with van der Waals surface area (Å²) in [5, 5.41) is 8.12. The fourth-order valence-electron chi connectivity index (χ4n) is 1.37. The van der Waals surface area contributed by atoms with Gasteiger partial charge in [-0.05, 0) is 12.8 Å². The maximum atomic E-state index is 10.8. The fourth-order valence-corrected chi connectivity index (χ4v) is 1.95. The molecule has 2 rings (SSSR count). The first-order valence-corrected chi connectivity index (χ1v) is 7.32. The highest BCUT2D eigenvalue weighted by Gasteiger charge is 2.27. The predicted octanol–water partition coefficient (Wildman–Crippen LogP) is 0.708. The molecule has 0 amide bonds. The molecule has 1 aromatic rings. The van der Waals surface area contributed by atoms with E-state index in [4.69, 9.17) is 16.7 Å². The van der Waals surface area contributed by atoms with Gasteiger partial charge in [0, 0.05) is 18.5 Å². The maximum absolute atomic E-state index is 10.8. The van der Waals surface area contributed by atoms with Crippen LogP contribution in [0.3, 0.4) is 0 Å². The molecular formula is C9H13ClN4O2S. The van der Waals surface area contributed by atoms with E-state index in [9.17, 15) is 8.42 Å². The van der Waals surface area contributed by atoms with Crippen LogP contribution in [0.1, 0.15) is 24.6 Å². The second kappa shape index (κ2) is 4.75. The average Bonchev–Trinajstić information content (AvgIpc) is 2.97. The Hall–Kier alpha value is -0.920. The summed E-state index contributed by atoms with van der Waals surface area (Å²) in [5.74, 6) is 1.51. The number of sulfonamides is 1. The summed E-state index contributed by atoms with van der Waals surface area (Å²) in [5.41, 5.74) is 0. The first-order valence-electron chi connectivity index (χ1n) is 5.23. The highest BCUT2D eigenvalue weighted by Crippen LogP contribution is 2.38. The number of hydrogen-bond acceptors (Lipinski definition) is 5. The minimum atomic E-state index is -3.46. The Bertz CT molecular complexity index is 516. The van der Waals surface area contributed by atoms with Gasteiger partial charge in [0.2, 0.25) is 10.0 Å². The molecule has 0 bridgehead atoms. The molecule has 1 aliphatic carbocycles. The number of nitrogens with two attached hydrogens (primary N) is 1. The molecule has 0 saturated heterocycles. The van der Waals surface area contributed by atoms with Crippen LogP contribution in [-0.2, 0) is 10.0 Å². The van der Waals surface area contributed by atoms with E-state index in [2.05, 4.69) is 15.3 Å². The molecule has 17 heavy (non-hydrogen) atoms. The van der Waals surface area contributed by atoms with E-state index in [1.54, 1.807) is 6.07 Å². The van der Waals surface area contributed by atoms with Gasteiger partial charge in [-0.1, -0.05) is 11.6 Å². The van der Waals surface area contributed by atoms with Crippen LogP contribution in [0.25, 0.3) is 0 Å². The summed E-state index contributed by atoms with van der Waals surface area (Å²) < 4.78 is 21.5. The third kappa shape index (κ3) is 4.10. The summed E-state index contributed by atoms with van der Waals surface area (Å²) in [6.45, 7) is 0.205. The SMILES string of the molecule is NS(=O)(=O)CCNc1cc(Cl)nc(C2CC2)n1. The Morgan fingerprint density at radius 3 is 2.76 bits per heavy atom. The number of primary sulfonamides is 1. The third-order valence-corrected chi connectivity index (χ3v) is 3.31. The molecule has 0 spiro atoms. The molecule has 1 fully saturated rings. The Morgan fingerprint density at radius 2 is 2.18 bits per heavy atom. The molecule has 0 aliphatic heterocycles. The van der Waals surface area contributed by atoms with Gasteiger partial charge in [0.05, 0.1) is 5.75 Å². The van der Waals surface area contributed by atoms with E-state index >= 15 is 0 Å². The highest BCUT2D eigenvalue weighted by atomic mass is 35.5. The summed E-state index contributed by atoms with van der Waals surface area (Å²) >= 11 is 5.86. The summed E-state index contributed by atoms with van der Waals surface area (Å²) in [6, 6.07) is 1.57. The van der Waals surface area contributed by atoms with Gasteiger partial charge in [0.15, 0.2) is 0 Å². The molecule has 6 nitrogen and oxygen atoms in total. The van der Waals surface area contributed by atoms with Crippen molar-refractivity contribution >= 4 is 27.4 Å². The molecule has 3 N–H and O–H groups in total. The zero-order valence-electron chi connectivity index (χ0n) is 9.06. The normalized spacial score (nSPS) is 15.9. The van der Waals surface area contributed by atoms with E-state index in [-0.39, 0.29) is 12.3 Å². The first kappa shape index (κ1) is 12.5. The molecule has 0 aromatic carbocycles. The molecule has 0 radical (unpaired) electrons. The zero-order valence-corrected chi connectivity index (χ0v) is 10.6. The highest BCUT2D eigenvalue weighted by molar-refractivity contribution is 7.89. The van der Waals surface area contributed by atoms with Crippen molar-refractivity contribution in [3.63, 3.8) is 0 Å². The molecule has 0 unspecified atom stereocenters. The van der Waals surface area contributed by atoms with E-state index in [0.717, 1.165) is 18.7 Å². The van der Waals surface area contributed by atoms with Gasteiger partial charge < -0.3 is 5.32 Å². The van der Waals surface area contributed by atoms with Gasteiger partial charge >= 0.3 is 0 Å². The van der Waals surface area contributed by atoms with Crippen LogP contribution in [0.4, 0.5) is 5.82 Å². The van der Waals surface area contributed by atoms with Gasteiger partial charge in [-0.25, -0.2) is 23.5 Å². The molecule has 1 saturated carbocycles. The monoisotopic (exact) mass is 276 g/mol. The maximum Gasteiger partial charge on any atom is 0.210 e. The number of aromatic nitrogens is 2. The van der Waals surface area contributed by atoms with Crippen molar-refractivity contribution in [3.8, 4) is 0 Å². The van der Waals surface area contributed by atoms with Gasteiger partial charge in [-0.2, -0.15) is 0 Å². The Balaban J connectivity index is 2.00. The van der Waals surface area contributed by atoms with Crippen LogP contribution in [0.15, 0.2) is 6.07 Å². The van der Waals surface area contributed by atoms with Crippen LogP contribution >= 0.6 is 11.6 Å². The summed E-state index contributed by atoms with van der Waals surface area (Å²) in [6.07, 6.45) is 2.16. The van der Waals surface area contributed by atoms with E-state index in [1.807, 2.05) is 0 Å². The smallest absolute Gasteiger partial charge is 0.210 e. The first-order chi connectivity index (χ1) is 7.94. The van der Waals surface area contributed by atoms with E-state index in [0.29, 0.717) is 16.9 Å². The number of nitrogens with zero attached hydrogens (tertiary/aromatic N) is 2. The minimum Gasteiger partial charge on any atom is -0.369 e. The minimum absolute atomic E-state index is 0.145. The quantitative estimate of drug-likeness (QED) is 0.772. The number of anilines is 1. The van der Waals surface area contributed by atoms with E-state index in [1.165, 1.54) is 0 Å². The lowest BCUT2D eigenvalue weighted by molar-refractivity contribution is 0.598. The molecule has 1 aromatic heterocycles. The number of nitrogens with one attached hydrogen (secondary N) is 1. The Morgan fingerprint density at radius 1 is 1.47 bits per heavy atom. The molecule has 0 atom stereocenters. The van der Waals surface area contributed by atoms with Crippen LogP contribution in [0.5, 0.6) is 0 Å². The Kier molecular flexibility index (Phi) is 3.50. The lowest BCUT2D eigenvalue weighted by Gasteiger charge is -2.06. The standard InChI is InChI=1S/C9H13ClN4O2S/c10-7-5-8(12-3-4-17(11,15)16)14-9(13-7)6-1-2-6/h5-6H,1-4H2,(H2,11,15,16)(H,12,13,14). The van der Waals surface area contributed by atoms with Crippen LogP contribution in [0, 0.1) is 0 Å². The molecule has 94 valence electrons. The molecule has 1 heterocycles. The zero-order chi connectivity index (χ0) is 12.5. The van der Waals surface area contributed by atoms with Gasteiger partial charge in [0.25, 0.3) is 0 Å². The lowest BCUT2D eigenvalue weighted by Crippen LogP contribution is -2.22. The second-order valence-electron chi connectivity index (χ2n) is 4.00. The van der Waals surface area contributed by atoms with Crippen molar-refractivity contribution in [3.05, 3.63) is 17.0 Å². The van der Waals surface area contributed by atoms with Crippen molar-refractivity contribution in [2.45, 2.75) is 18.8 Å². The lowest BCUT2D eigenvalue weighted by atomic mass is 10.4. The van der Waals surface area contributed by atoms with Crippen LogP contribution in [-0.4, -0.2) is 30.7 Å². The van der Waals surface area contributed by atoms with Crippen LogP contribution in [0.2, 0.25) is 5.15 Å². The molecule has 1 aliphatic rings.